The number of ether oxygens (including phenoxy) is 1. The molecule has 0 spiro atoms. The lowest BCUT2D eigenvalue weighted by atomic mass is 10.2. The number of sulfonamides is 1. The summed E-state index contributed by atoms with van der Waals surface area (Å²) in [7, 11) is -2.74. The number of methoxy groups -OCH3 is 1. The van der Waals surface area contributed by atoms with E-state index in [-0.39, 0.29) is 35.2 Å². The first-order valence-electron chi connectivity index (χ1n) is 8.00. The van der Waals surface area contributed by atoms with Crippen LogP contribution in [-0.4, -0.2) is 61.2 Å². The van der Waals surface area contributed by atoms with Crippen molar-refractivity contribution in [2.75, 3.05) is 31.6 Å². The van der Waals surface area contributed by atoms with E-state index in [0.717, 1.165) is 22.8 Å². The van der Waals surface area contributed by atoms with E-state index in [2.05, 4.69) is 9.97 Å². The monoisotopic (exact) mass is 409 g/mol. The third-order valence-corrected chi connectivity index (χ3v) is 5.95. The van der Waals surface area contributed by atoms with Gasteiger partial charge in [0, 0.05) is 13.1 Å². The smallest absolute Gasteiger partial charge is 0.252 e. The average molecular weight is 409 g/mol. The number of anilines is 1. The van der Waals surface area contributed by atoms with Gasteiger partial charge in [0.2, 0.25) is 21.9 Å². The number of hydrogen-bond donors (Lipinski definition) is 1. The number of primary amides is 1. The molecule has 2 heterocycles. The highest BCUT2D eigenvalue weighted by Crippen LogP contribution is 2.25. The summed E-state index contributed by atoms with van der Waals surface area (Å²) >= 11 is 0. The molecule has 28 heavy (non-hydrogen) atoms. The van der Waals surface area contributed by atoms with Crippen LogP contribution in [0.5, 0.6) is 5.75 Å². The standard InChI is InChI=1S/C16H16FN5O5S/c1-27-13-3-2-11(6-12(13)15(18)24)28(25,26)21-4-5-22(14(23)9-21)16-19-7-10(17)8-20-16/h2-3,6-8H,4-5,9H2,1H3,(H2,18,24). The fourth-order valence-corrected chi connectivity index (χ4v) is 4.11. The fourth-order valence-electron chi connectivity index (χ4n) is 2.70. The van der Waals surface area contributed by atoms with E-state index in [1.807, 2.05) is 0 Å². The SMILES string of the molecule is COc1ccc(S(=O)(=O)N2CCN(c3ncc(F)cn3)C(=O)C2)cc1C(N)=O. The molecule has 0 bridgehead atoms. The lowest BCUT2D eigenvalue weighted by Gasteiger charge is -2.32. The van der Waals surface area contributed by atoms with Crippen LogP contribution in [0, 0.1) is 5.82 Å². The van der Waals surface area contributed by atoms with Crippen molar-refractivity contribution >= 4 is 27.8 Å². The van der Waals surface area contributed by atoms with Crippen molar-refractivity contribution in [3.05, 3.63) is 42.0 Å². The fraction of sp³-hybridized carbons (Fsp3) is 0.250. The summed E-state index contributed by atoms with van der Waals surface area (Å²) in [6.07, 6.45) is 1.84. The lowest BCUT2D eigenvalue weighted by Crippen LogP contribution is -2.52. The van der Waals surface area contributed by atoms with Gasteiger partial charge >= 0.3 is 0 Å². The minimum Gasteiger partial charge on any atom is -0.496 e. The minimum atomic E-state index is -4.07. The lowest BCUT2D eigenvalue weighted by molar-refractivity contribution is -0.120. The third-order valence-electron chi connectivity index (χ3n) is 4.11. The average Bonchev–Trinajstić information content (AvgIpc) is 2.68. The maximum atomic E-state index is 12.9. The molecule has 12 heteroatoms. The van der Waals surface area contributed by atoms with E-state index < -0.39 is 34.2 Å². The molecule has 0 aliphatic carbocycles. The van der Waals surface area contributed by atoms with Crippen LogP contribution in [0.4, 0.5) is 10.3 Å². The molecule has 0 saturated carbocycles. The Bertz CT molecular complexity index is 1030. The number of piperazine rings is 1. The second kappa shape index (κ2) is 7.48. The number of hydrogen-bond acceptors (Lipinski definition) is 7. The molecule has 1 aliphatic heterocycles. The molecule has 1 fully saturated rings. The van der Waals surface area contributed by atoms with E-state index in [0.29, 0.717) is 0 Å². The second-order valence-corrected chi connectivity index (χ2v) is 7.75. The summed E-state index contributed by atoms with van der Waals surface area (Å²) in [5, 5.41) is 0. The highest BCUT2D eigenvalue weighted by molar-refractivity contribution is 7.89. The van der Waals surface area contributed by atoms with E-state index >= 15 is 0 Å². The molecule has 0 radical (unpaired) electrons. The Balaban J connectivity index is 1.84. The zero-order valence-electron chi connectivity index (χ0n) is 14.7. The molecule has 3 rings (SSSR count). The summed E-state index contributed by atoms with van der Waals surface area (Å²) in [5.41, 5.74) is 5.18. The van der Waals surface area contributed by atoms with Crippen LogP contribution in [-0.2, 0) is 14.8 Å². The molecule has 2 aromatic rings. The first-order valence-corrected chi connectivity index (χ1v) is 9.44. The molecule has 148 valence electrons. The van der Waals surface area contributed by atoms with Gasteiger partial charge in [0.05, 0.1) is 36.5 Å². The van der Waals surface area contributed by atoms with Gasteiger partial charge in [0.15, 0.2) is 5.82 Å². The van der Waals surface area contributed by atoms with Crippen LogP contribution in [0.2, 0.25) is 0 Å². The molecule has 2 amide bonds. The van der Waals surface area contributed by atoms with E-state index in [9.17, 15) is 22.4 Å². The normalized spacial score (nSPS) is 15.5. The van der Waals surface area contributed by atoms with Gasteiger partial charge in [0.25, 0.3) is 5.91 Å². The van der Waals surface area contributed by atoms with Gasteiger partial charge in [-0.2, -0.15) is 4.31 Å². The van der Waals surface area contributed by atoms with E-state index in [1.165, 1.54) is 24.1 Å². The van der Waals surface area contributed by atoms with Crippen LogP contribution in [0.15, 0.2) is 35.5 Å². The van der Waals surface area contributed by atoms with Crippen molar-refractivity contribution in [1.29, 1.82) is 0 Å². The zero-order chi connectivity index (χ0) is 20.5. The first-order chi connectivity index (χ1) is 13.2. The van der Waals surface area contributed by atoms with E-state index in [4.69, 9.17) is 10.5 Å². The van der Waals surface area contributed by atoms with Crippen LogP contribution in [0.1, 0.15) is 10.4 Å². The molecule has 1 aromatic carbocycles. The second-order valence-electron chi connectivity index (χ2n) is 5.81. The van der Waals surface area contributed by atoms with Crippen LogP contribution < -0.4 is 15.4 Å². The van der Waals surface area contributed by atoms with Crippen molar-refractivity contribution < 1.29 is 27.1 Å². The topological polar surface area (TPSA) is 136 Å². The Labute approximate surface area is 159 Å². The van der Waals surface area contributed by atoms with Crippen molar-refractivity contribution in [3.63, 3.8) is 0 Å². The van der Waals surface area contributed by atoms with Gasteiger partial charge in [-0.25, -0.2) is 22.8 Å². The molecule has 2 N–H and O–H groups in total. The van der Waals surface area contributed by atoms with E-state index in [1.54, 1.807) is 0 Å². The van der Waals surface area contributed by atoms with Gasteiger partial charge in [-0.1, -0.05) is 0 Å². The highest BCUT2D eigenvalue weighted by Gasteiger charge is 2.34. The number of amides is 2. The van der Waals surface area contributed by atoms with Crippen LogP contribution in [0.25, 0.3) is 0 Å². The van der Waals surface area contributed by atoms with Crippen molar-refractivity contribution in [1.82, 2.24) is 14.3 Å². The Morgan fingerprint density at radius 2 is 1.93 bits per heavy atom. The van der Waals surface area contributed by atoms with Crippen LogP contribution >= 0.6 is 0 Å². The number of rotatable bonds is 5. The zero-order valence-corrected chi connectivity index (χ0v) is 15.5. The van der Waals surface area contributed by atoms with Gasteiger partial charge in [-0.05, 0) is 18.2 Å². The Morgan fingerprint density at radius 1 is 1.25 bits per heavy atom. The predicted octanol–water partition coefficient (Wildman–Crippen LogP) is -0.239. The van der Waals surface area contributed by atoms with Crippen molar-refractivity contribution in [2.24, 2.45) is 5.73 Å². The quantitative estimate of drug-likeness (QED) is 0.720. The summed E-state index contributed by atoms with van der Waals surface area (Å²) < 4.78 is 44.7. The molecular formula is C16H16FN5O5S. The van der Waals surface area contributed by atoms with Gasteiger partial charge in [0.1, 0.15) is 5.75 Å². The maximum absolute atomic E-state index is 12.9. The summed E-state index contributed by atoms with van der Waals surface area (Å²) in [6.45, 7) is -0.504. The number of carbonyl (C=O) groups excluding carboxylic acids is 2. The number of carbonyl (C=O) groups is 2. The third kappa shape index (κ3) is 3.64. The number of halogens is 1. The molecule has 0 atom stereocenters. The Morgan fingerprint density at radius 3 is 2.50 bits per heavy atom. The first kappa shape index (κ1) is 19.6. The number of nitrogens with two attached hydrogens (primary N) is 1. The van der Waals surface area contributed by atoms with Crippen molar-refractivity contribution in [2.45, 2.75) is 4.90 Å². The molecule has 1 aromatic heterocycles. The number of aromatic nitrogens is 2. The molecular weight excluding hydrogens is 393 g/mol. The molecule has 1 saturated heterocycles. The van der Waals surface area contributed by atoms with Crippen LogP contribution in [0.3, 0.4) is 0 Å². The molecule has 1 aliphatic rings. The molecule has 0 unspecified atom stereocenters. The van der Waals surface area contributed by atoms with Gasteiger partial charge in [-0.15, -0.1) is 0 Å². The Kier molecular flexibility index (Phi) is 5.25. The Hall–Kier alpha value is -3.12. The predicted molar refractivity (Wildman–Crippen MR) is 94.6 cm³/mol. The summed E-state index contributed by atoms with van der Waals surface area (Å²) in [5.74, 6) is -1.93. The van der Waals surface area contributed by atoms with Crippen molar-refractivity contribution in [3.8, 4) is 5.75 Å². The molecule has 10 nitrogen and oxygen atoms in total. The minimum absolute atomic E-state index is 0.0103. The maximum Gasteiger partial charge on any atom is 0.252 e. The summed E-state index contributed by atoms with van der Waals surface area (Å²) in [4.78, 5) is 32.4. The number of nitrogens with zero attached hydrogens (tertiary/aromatic N) is 4. The number of benzene rings is 1. The highest BCUT2D eigenvalue weighted by atomic mass is 32.2. The summed E-state index contributed by atoms with van der Waals surface area (Å²) in [6, 6.07) is 3.69. The van der Waals surface area contributed by atoms with Gasteiger partial charge in [-0.3, -0.25) is 14.5 Å². The van der Waals surface area contributed by atoms with Gasteiger partial charge < -0.3 is 10.5 Å². The largest absolute Gasteiger partial charge is 0.496 e.